The minimum Gasteiger partial charge on any atom is -0.474 e. The number of piperidine rings is 2. The molecule has 3 N–H and O–H groups in total. The summed E-state index contributed by atoms with van der Waals surface area (Å²) in [6.45, 7) is 13.1. The van der Waals surface area contributed by atoms with E-state index in [9.17, 15) is 9.59 Å². The summed E-state index contributed by atoms with van der Waals surface area (Å²) >= 11 is 0. The van der Waals surface area contributed by atoms with Crippen LogP contribution in [0.15, 0.2) is 94.5 Å². The molecule has 296 valence electrons. The number of piperazine rings is 1. The van der Waals surface area contributed by atoms with E-state index in [1.807, 2.05) is 30.6 Å². The number of amides is 1. The average Bonchev–Trinajstić information content (AvgIpc) is 3.58. The molecule has 1 amide bonds. The highest BCUT2D eigenvalue weighted by Gasteiger charge is 2.31. The summed E-state index contributed by atoms with van der Waals surface area (Å²) in [4.78, 5) is 47.0. The number of aromatic nitrogens is 4. The highest BCUT2D eigenvalue weighted by molar-refractivity contribution is 5.87. The smallest absolute Gasteiger partial charge is 0.420 e. The fourth-order valence-electron chi connectivity index (χ4n) is 9.01. The molecule has 7 heterocycles. The molecule has 1 unspecified atom stereocenters. The Morgan fingerprint density at radius 1 is 0.862 bits per heavy atom. The first-order valence-electron chi connectivity index (χ1n) is 20.2. The number of nitrogens with one attached hydrogen (secondary N) is 3. The number of allylic oxidation sites excluding steroid dienone is 1. The number of benzene rings is 3. The van der Waals surface area contributed by atoms with E-state index in [-0.39, 0.29) is 5.91 Å². The first-order valence-corrected chi connectivity index (χ1v) is 20.2. The van der Waals surface area contributed by atoms with Crippen LogP contribution < -0.4 is 36.2 Å². The van der Waals surface area contributed by atoms with E-state index in [1.165, 1.54) is 10.3 Å². The third kappa shape index (κ3) is 6.76. The number of nitrogens with zero attached hydrogens (tertiary/aromatic N) is 7. The first kappa shape index (κ1) is 36.0. The molecule has 3 aromatic heterocycles. The van der Waals surface area contributed by atoms with Crippen molar-refractivity contribution in [2.75, 3.05) is 72.9 Å². The minimum atomic E-state index is -0.591. The van der Waals surface area contributed by atoms with Crippen molar-refractivity contribution in [3.8, 4) is 17.0 Å². The lowest BCUT2D eigenvalue weighted by Crippen LogP contribution is -2.53. The van der Waals surface area contributed by atoms with E-state index in [0.717, 1.165) is 103 Å². The number of pyridine rings is 1. The van der Waals surface area contributed by atoms with Gasteiger partial charge in [0.05, 0.1) is 11.0 Å². The van der Waals surface area contributed by atoms with Crippen molar-refractivity contribution >= 4 is 56.6 Å². The molecule has 0 saturated carbocycles. The summed E-state index contributed by atoms with van der Waals surface area (Å²) in [5, 5.41) is 10.6. The van der Waals surface area contributed by atoms with Crippen molar-refractivity contribution in [1.82, 2.24) is 29.7 Å². The number of ether oxygens (including phenoxy) is 1. The highest BCUT2D eigenvalue weighted by atomic mass is 16.5. The van der Waals surface area contributed by atoms with Crippen molar-refractivity contribution in [3.63, 3.8) is 0 Å². The Bertz CT molecular complexity index is 2600. The lowest BCUT2D eigenvalue weighted by atomic mass is 10.00. The Hall–Kier alpha value is -6.41. The molecule has 3 aromatic carbocycles. The number of oxazole rings is 1. The molecule has 10 rings (SSSR count). The number of hydrogen-bond acceptors (Lipinski definition) is 12. The van der Waals surface area contributed by atoms with E-state index < -0.39 is 11.8 Å². The Morgan fingerprint density at radius 2 is 1.66 bits per heavy atom. The van der Waals surface area contributed by atoms with Gasteiger partial charge in [-0.1, -0.05) is 18.7 Å². The van der Waals surface area contributed by atoms with Crippen molar-refractivity contribution in [1.29, 1.82) is 0 Å². The molecular weight excluding hydrogens is 733 g/mol. The minimum absolute atomic E-state index is 0.217. The summed E-state index contributed by atoms with van der Waals surface area (Å²) in [5.41, 5.74) is 10.1. The van der Waals surface area contributed by atoms with Crippen LogP contribution in [0.5, 0.6) is 5.88 Å². The summed E-state index contributed by atoms with van der Waals surface area (Å²) in [6.07, 6.45) is 7.13. The van der Waals surface area contributed by atoms with Crippen molar-refractivity contribution in [2.45, 2.75) is 44.7 Å². The van der Waals surface area contributed by atoms with Gasteiger partial charge in [-0.05, 0) is 86.2 Å². The SMILES string of the molecule is C=C1CCC(n2c(=O)oc3cc(N4CCN(C5CCN(c6ccc(Nc7ncc8ccc(-c9cnc%10c(c9C)NCCO%10)cc8n7)cc6)CC5)CC4)ccc32)C(=O)N1. The molecule has 0 radical (unpaired) electrons. The van der Waals surface area contributed by atoms with Crippen LogP contribution in [0.25, 0.3) is 33.1 Å². The van der Waals surface area contributed by atoms with Gasteiger partial charge in [0.2, 0.25) is 17.7 Å². The third-order valence-electron chi connectivity index (χ3n) is 12.2. The largest absolute Gasteiger partial charge is 0.474 e. The normalized spacial score (nSPS) is 19.2. The monoisotopic (exact) mass is 778 g/mol. The predicted octanol–water partition coefficient (Wildman–Crippen LogP) is 6.21. The highest BCUT2D eigenvalue weighted by Crippen LogP contribution is 2.36. The molecule has 4 aliphatic heterocycles. The second-order valence-corrected chi connectivity index (χ2v) is 15.7. The van der Waals surface area contributed by atoms with Gasteiger partial charge >= 0.3 is 5.76 Å². The molecule has 0 spiro atoms. The molecule has 4 aliphatic rings. The van der Waals surface area contributed by atoms with Gasteiger partial charge in [0.1, 0.15) is 18.3 Å². The lowest BCUT2D eigenvalue weighted by molar-refractivity contribution is -0.124. The second kappa shape index (κ2) is 14.8. The zero-order chi connectivity index (χ0) is 39.3. The zero-order valence-corrected chi connectivity index (χ0v) is 32.5. The Morgan fingerprint density at radius 3 is 2.47 bits per heavy atom. The van der Waals surface area contributed by atoms with Crippen LogP contribution in [0.2, 0.25) is 0 Å². The molecule has 6 aromatic rings. The Balaban J connectivity index is 0.733. The van der Waals surface area contributed by atoms with E-state index in [0.29, 0.717) is 54.1 Å². The molecule has 14 nitrogen and oxygen atoms in total. The van der Waals surface area contributed by atoms with E-state index >= 15 is 0 Å². The van der Waals surface area contributed by atoms with Gasteiger partial charge in [0.15, 0.2) is 5.58 Å². The molecule has 3 saturated heterocycles. The number of carbonyl (C=O) groups excluding carboxylic acids is 1. The number of carbonyl (C=O) groups is 1. The fourth-order valence-corrected chi connectivity index (χ4v) is 9.01. The van der Waals surface area contributed by atoms with Crippen LogP contribution in [-0.2, 0) is 4.79 Å². The second-order valence-electron chi connectivity index (χ2n) is 15.7. The Kier molecular flexibility index (Phi) is 9.20. The summed E-state index contributed by atoms with van der Waals surface area (Å²) < 4.78 is 12.9. The van der Waals surface area contributed by atoms with E-state index in [1.54, 1.807) is 0 Å². The van der Waals surface area contributed by atoms with Gasteiger partial charge in [-0.3, -0.25) is 14.3 Å². The Labute approximate surface area is 335 Å². The maximum atomic E-state index is 12.8. The molecular formula is C44H46N10O4. The van der Waals surface area contributed by atoms with Crippen LogP contribution >= 0.6 is 0 Å². The molecule has 0 aliphatic carbocycles. The number of anilines is 5. The van der Waals surface area contributed by atoms with Gasteiger partial charge in [0.25, 0.3) is 0 Å². The van der Waals surface area contributed by atoms with E-state index in [2.05, 4.69) is 96.6 Å². The third-order valence-corrected chi connectivity index (χ3v) is 12.2. The molecule has 14 heteroatoms. The summed E-state index contributed by atoms with van der Waals surface area (Å²) in [5.74, 6) is 0.490. The molecule has 3 fully saturated rings. The number of rotatable bonds is 7. The number of fused-ring (bicyclic) bond motifs is 3. The van der Waals surface area contributed by atoms with Gasteiger partial charge in [0, 0.05) is 104 Å². The van der Waals surface area contributed by atoms with Gasteiger partial charge in [-0.15, -0.1) is 0 Å². The van der Waals surface area contributed by atoms with E-state index in [4.69, 9.17) is 14.1 Å². The topological polar surface area (TPSA) is 146 Å². The summed E-state index contributed by atoms with van der Waals surface area (Å²) in [6, 6.07) is 20.6. The number of hydrogen-bond donors (Lipinski definition) is 3. The standard InChI is InChI=1S/C44H46N10O4/c1-27-3-11-38(41(55)48-27)54-37-12-10-34(24-39(37)58-44(54)56)53-20-18-52(19-21-53)33-13-16-51(17-14-33)32-8-6-31(7-9-32)49-43-47-25-30-5-4-29(23-36(30)50-43)35-26-46-42-40(28(35)2)45-15-22-57-42/h4-10,12,23-26,33,38,45H,1,3,11,13-22H2,2H3,(H,48,55)(H,47,49,50). The first-order chi connectivity index (χ1) is 28.3. The van der Waals surface area contributed by atoms with Crippen molar-refractivity contribution in [2.24, 2.45) is 0 Å². The van der Waals surface area contributed by atoms with Crippen LogP contribution in [0.1, 0.15) is 37.3 Å². The van der Waals surface area contributed by atoms with Crippen LogP contribution in [0, 0.1) is 6.92 Å². The maximum absolute atomic E-state index is 12.8. The van der Waals surface area contributed by atoms with Crippen molar-refractivity contribution < 1.29 is 13.9 Å². The van der Waals surface area contributed by atoms with Crippen LogP contribution in [0.3, 0.4) is 0 Å². The fraction of sp³-hybridized carbons (Fsp3) is 0.341. The quantitative estimate of drug-likeness (QED) is 0.169. The van der Waals surface area contributed by atoms with Gasteiger partial charge < -0.3 is 34.9 Å². The molecule has 58 heavy (non-hydrogen) atoms. The van der Waals surface area contributed by atoms with Gasteiger partial charge in [-0.2, -0.15) is 0 Å². The molecule has 0 bridgehead atoms. The zero-order valence-electron chi connectivity index (χ0n) is 32.5. The lowest BCUT2D eigenvalue weighted by Gasteiger charge is -2.43. The average molecular weight is 779 g/mol. The van der Waals surface area contributed by atoms with Crippen molar-refractivity contribution in [3.05, 3.63) is 101 Å². The maximum Gasteiger partial charge on any atom is 0.420 e. The van der Waals surface area contributed by atoms with Crippen LogP contribution in [-0.4, -0.2) is 88.8 Å². The molecule has 1 atom stereocenters. The predicted molar refractivity (Wildman–Crippen MR) is 226 cm³/mol. The summed E-state index contributed by atoms with van der Waals surface area (Å²) in [7, 11) is 0. The van der Waals surface area contributed by atoms with Gasteiger partial charge in [-0.25, -0.2) is 19.7 Å². The van der Waals surface area contributed by atoms with Crippen LogP contribution in [0.4, 0.5) is 28.7 Å².